The second-order valence-corrected chi connectivity index (χ2v) is 7.94. The summed E-state index contributed by atoms with van der Waals surface area (Å²) in [5.41, 5.74) is 5.76. The Hall–Kier alpha value is -2.72. The highest BCUT2D eigenvalue weighted by atomic mass is 19.1. The summed E-state index contributed by atoms with van der Waals surface area (Å²) in [5, 5.41) is 0. The first-order valence-corrected chi connectivity index (χ1v) is 10.0. The molecule has 0 bridgehead atoms. The topological polar surface area (TPSA) is 31.9 Å². The van der Waals surface area contributed by atoms with Gasteiger partial charge in [-0.3, -0.25) is 9.88 Å². The van der Waals surface area contributed by atoms with E-state index in [9.17, 15) is 4.39 Å². The number of nitrogens with zero attached hydrogens (tertiary/aromatic N) is 2. The average molecular weight is 373 g/mol. The van der Waals surface area contributed by atoms with Gasteiger partial charge < -0.3 is 4.98 Å². The molecule has 28 heavy (non-hydrogen) atoms. The van der Waals surface area contributed by atoms with Crippen molar-refractivity contribution in [1.82, 2.24) is 14.9 Å². The van der Waals surface area contributed by atoms with Crippen LogP contribution in [0.4, 0.5) is 4.39 Å². The highest BCUT2D eigenvalue weighted by molar-refractivity contribution is 5.84. The third-order valence-corrected chi connectivity index (χ3v) is 6.21. The second-order valence-electron chi connectivity index (χ2n) is 7.94. The molecule has 1 saturated heterocycles. The molecule has 4 heteroatoms. The summed E-state index contributed by atoms with van der Waals surface area (Å²) in [4.78, 5) is 10.3. The van der Waals surface area contributed by atoms with Gasteiger partial charge in [-0.25, -0.2) is 4.39 Å². The van der Waals surface area contributed by atoms with Crippen LogP contribution in [0.3, 0.4) is 0 Å². The number of fused-ring (bicyclic) bond motifs is 1. The van der Waals surface area contributed by atoms with Crippen molar-refractivity contribution in [3.8, 4) is 22.4 Å². The molecular formula is C24H24FN3. The van der Waals surface area contributed by atoms with E-state index in [1.54, 1.807) is 0 Å². The van der Waals surface area contributed by atoms with Crippen LogP contribution >= 0.6 is 0 Å². The molecule has 2 aliphatic heterocycles. The zero-order chi connectivity index (χ0) is 19.1. The number of benzene rings is 1. The van der Waals surface area contributed by atoms with E-state index in [-0.39, 0.29) is 5.82 Å². The van der Waals surface area contributed by atoms with Crippen molar-refractivity contribution in [1.29, 1.82) is 0 Å². The van der Waals surface area contributed by atoms with Crippen molar-refractivity contribution in [3.63, 3.8) is 0 Å². The van der Waals surface area contributed by atoms with E-state index in [1.807, 2.05) is 24.5 Å². The van der Waals surface area contributed by atoms with Crippen molar-refractivity contribution in [2.45, 2.75) is 25.3 Å². The molecule has 0 spiro atoms. The Morgan fingerprint density at radius 3 is 2.64 bits per heavy atom. The highest BCUT2D eigenvalue weighted by Gasteiger charge is 2.41. The largest absolute Gasteiger partial charge is 0.360 e. The van der Waals surface area contributed by atoms with Gasteiger partial charge in [-0.15, -0.1) is 0 Å². The zero-order valence-electron chi connectivity index (χ0n) is 16.0. The fraction of sp³-hybridized carbons (Fsp3) is 0.292. The maximum absolute atomic E-state index is 13.5. The average Bonchev–Trinajstić information content (AvgIpc) is 3.29. The SMILES string of the molecule is CC1CN2CCC=C[C@H]2C1c1c[nH]c(-c2ccc(F)cc2)c1-c1ccncc1. The van der Waals surface area contributed by atoms with Crippen molar-refractivity contribution in [3.05, 3.63) is 78.5 Å². The molecule has 5 rings (SSSR count). The number of H-pyrrole nitrogens is 1. The van der Waals surface area contributed by atoms with Gasteiger partial charge in [0.15, 0.2) is 0 Å². The van der Waals surface area contributed by atoms with Crippen LogP contribution in [0.5, 0.6) is 0 Å². The fourth-order valence-electron chi connectivity index (χ4n) is 4.99. The minimum atomic E-state index is -0.214. The quantitative estimate of drug-likeness (QED) is 0.636. The Labute approximate surface area is 164 Å². The number of aromatic amines is 1. The van der Waals surface area contributed by atoms with E-state index < -0.39 is 0 Å². The molecule has 1 fully saturated rings. The maximum atomic E-state index is 13.5. The molecule has 3 atom stereocenters. The third-order valence-electron chi connectivity index (χ3n) is 6.21. The Morgan fingerprint density at radius 2 is 1.86 bits per heavy atom. The van der Waals surface area contributed by atoms with E-state index in [0.717, 1.165) is 36.3 Å². The lowest BCUT2D eigenvalue weighted by molar-refractivity contribution is 0.274. The van der Waals surface area contributed by atoms with Crippen LogP contribution in [-0.4, -0.2) is 34.0 Å². The van der Waals surface area contributed by atoms with Gasteiger partial charge in [-0.2, -0.15) is 0 Å². The summed E-state index contributed by atoms with van der Waals surface area (Å²) in [5.74, 6) is 0.795. The monoisotopic (exact) mass is 373 g/mol. The molecule has 0 saturated carbocycles. The van der Waals surface area contributed by atoms with Crippen LogP contribution in [0.1, 0.15) is 24.8 Å². The first kappa shape index (κ1) is 17.4. The van der Waals surface area contributed by atoms with Crippen molar-refractivity contribution < 1.29 is 4.39 Å². The Kier molecular flexibility index (Phi) is 4.36. The van der Waals surface area contributed by atoms with Crippen LogP contribution in [0.2, 0.25) is 0 Å². The molecule has 3 nitrogen and oxygen atoms in total. The summed E-state index contributed by atoms with van der Waals surface area (Å²) in [6.45, 7) is 4.63. The minimum Gasteiger partial charge on any atom is -0.360 e. The van der Waals surface area contributed by atoms with Crippen LogP contribution < -0.4 is 0 Å². The van der Waals surface area contributed by atoms with E-state index in [4.69, 9.17) is 0 Å². The van der Waals surface area contributed by atoms with Gasteiger partial charge in [-0.05, 0) is 65.4 Å². The summed E-state index contributed by atoms with van der Waals surface area (Å²) in [6, 6.07) is 11.3. The van der Waals surface area contributed by atoms with E-state index >= 15 is 0 Å². The number of nitrogens with one attached hydrogen (secondary N) is 1. The smallest absolute Gasteiger partial charge is 0.123 e. The summed E-state index contributed by atoms with van der Waals surface area (Å²) in [7, 11) is 0. The number of hydrogen-bond donors (Lipinski definition) is 1. The minimum absolute atomic E-state index is 0.214. The Balaban J connectivity index is 1.67. The number of halogens is 1. The van der Waals surface area contributed by atoms with Gasteiger partial charge >= 0.3 is 0 Å². The van der Waals surface area contributed by atoms with Gasteiger partial charge in [0.2, 0.25) is 0 Å². The summed E-state index contributed by atoms with van der Waals surface area (Å²) >= 11 is 0. The number of aromatic nitrogens is 2. The van der Waals surface area contributed by atoms with Gasteiger partial charge in [0.1, 0.15) is 5.82 Å². The van der Waals surface area contributed by atoms with Crippen molar-refractivity contribution in [2.24, 2.45) is 5.92 Å². The summed E-state index contributed by atoms with van der Waals surface area (Å²) < 4.78 is 13.5. The van der Waals surface area contributed by atoms with Gasteiger partial charge in [0.05, 0.1) is 5.69 Å². The lowest BCUT2D eigenvalue weighted by Gasteiger charge is -2.29. The van der Waals surface area contributed by atoms with E-state index in [1.165, 1.54) is 23.3 Å². The molecule has 4 heterocycles. The predicted molar refractivity (Wildman–Crippen MR) is 110 cm³/mol. The number of pyridine rings is 1. The second kappa shape index (κ2) is 7.02. The van der Waals surface area contributed by atoms with Crippen LogP contribution in [-0.2, 0) is 0 Å². The lowest BCUT2D eigenvalue weighted by Crippen LogP contribution is -2.33. The standard InChI is InChI=1S/C24H24FN3/c1-16-15-28-13-3-2-4-21(28)22(16)20-14-27-24(18-5-7-19(25)8-6-18)23(20)17-9-11-26-12-10-17/h2,4-12,14,16,21-22,27H,3,13,15H2,1H3/t16?,21-,22?/m0/s1. The zero-order valence-corrected chi connectivity index (χ0v) is 16.0. The Morgan fingerprint density at radius 1 is 1.07 bits per heavy atom. The normalized spacial score (nSPS) is 24.4. The third kappa shape index (κ3) is 2.89. The molecule has 1 N–H and O–H groups in total. The van der Waals surface area contributed by atoms with Gasteiger partial charge in [0.25, 0.3) is 0 Å². The molecule has 0 aliphatic carbocycles. The predicted octanol–water partition coefficient (Wildman–Crippen LogP) is 5.25. The number of rotatable bonds is 3. The fourth-order valence-corrected chi connectivity index (χ4v) is 4.99. The molecule has 1 aromatic carbocycles. The molecule has 2 aliphatic rings. The first-order chi connectivity index (χ1) is 13.7. The molecular weight excluding hydrogens is 349 g/mol. The van der Waals surface area contributed by atoms with Gasteiger partial charge in [0, 0.05) is 49.2 Å². The number of hydrogen-bond acceptors (Lipinski definition) is 2. The van der Waals surface area contributed by atoms with Crippen molar-refractivity contribution in [2.75, 3.05) is 13.1 Å². The van der Waals surface area contributed by atoms with Crippen LogP contribution in [0, 0.1) is 11.7 Å². The molecule has 2 unspecified atom stereocenters. The molecule has 2 aromatic heterocycles. The van der Waals surface area contributed by atoms with Crippen molar-refractivity contribution >= 4 is 0 Å². The van der Waals surface area contributed by atoms with E-state index in [0.29, 0.717) is 17.9 Å². The highest BCUT2D eigenvalue weighted by Crippen LogP contribution is 2.46. The first-order valence-electron chi connectivity index (χ1n) is 10.0. The maximum Gasteiger partial charge on any atom is 0.123 e. The Bertz CT molecular complexity index is 990. The molecule has 3 aromatic rings. The van der Waals surface area contributed by atoms with Gasteiger partial charge in [-0.1, -0.05) is 19.1 Å². The molecule has 142 valence electrons. The molecule has 0 radical (unpaired) electrons. The summed E-state index contributed by atoms with van der Waals surface area (Å²) in [6.07, 6.45) is 11.7. The van der Waals surface area contributed by atoms with E-state index in [2.05, 4.69) is 52.3 Å². The van der Waals surface area contributed by atoms with Crippen LogP contribution in [0.15, 0.2) is 67.1 Å². The molecule has 0 amide bonds. The van der Waals surface area contributed by atoms with Crippen LogP contribution in [0.25, 0.3) is 22.4 Å². The lowest BCUT2D eigenvalue weighted by atomic mass is 9.82.